The van der Waals surface area contributed by atoms with E-state index in [9.17, 15) is 0 Å². The molecule has 1 unspecified atom stereocenters. The van der Waals surface area contributed by atoms with E-state index >= 15 is 0 Å². The van der Waals surface area contributed by atoms with Gasteiger partial charge in [-0.25, -0.2) is 4.98 Å². The van der Waals surface area contributed by atoms with E-state index in [2.05, 4.69) is 44.2 Å². The largest absolute Gasteiger partial charge is 0.376 e. The highest BCUT2D eigenvalue weighted by Gasteiger charge is 2.22. The van der Waals surface area contributed by atoms with Gasteiger partial charge in [-0.05, 0) is 54.1 Å². The molecule has 1 aromatic rings. The van der Waals surface area contributed by atoms with Gasteiger partial charge in [0.1, 0.15) is 5.82 Å². The van der Waals surface area contributed by atoms with E-state index in [-0.39, 0.29) is 0 Å². The van der Waals surface area contributed by atoms with Crippen LogP contribution in [0.25, 0.3) is 0 Å². The summed E-state index contributed by atoms with van der Waals surface area (Å²) in [5.41, 5.74) is 1.26. The monoisotopic (exact) mass is 353 g/mol. The summed E-state index contributed by atoms with van der Waals surface area (Å²) in [7, 11) is 2.12. The SMILES string of the molecule is CN(CC1CCCCO1)c1ncc(Br)cc1CNC1CC1. The van der Waals surface area contributed by atoms with E-state index in [1.54, 1.807) is 0 Å². The number of hydrogen-bond acceptors (Lipinski definition) is 4. The number of nitrogens with zero attached hydrogens (tertiary/aromatic N) is 2. The molecular formula is C16H24BrN3O. The Morgan fingerprint density at radius 3 is 2.95 bits per heavy atom. The maximum absolute atomic E-state index is 5.85. The van der Waals surface area contributed by atoms with Crippen molar-refractivity contribution in [3.05, 3.63) is 22.3 Å². The van der Waals surface area contributed by atoms with Crippen LogP contribution in [0.15, 0.2) is 16.7 Å². The van der Waals surface area contributed by atoms with Crippen LogP contribution in [0, 0.1) is 0 Å². The van der Waals surface area contributed by atoms with E-state index in [4.69, 9.17) is 4.74 Å². The van der Waals surface area contributed by atoms with Crippen molar-refractivity contribution in [1.29, 1.82) is 0 Å². The molecule has 116 valence electrons. The minimum Gasteiger partial charge on any atom is -0.376 e. The van der Waals surface area contributed by atoms with Gasteiger partial charge in [-0.1, -0.05) is 0 Å². The quantitative estimate of drug-likeness (QED) is 0.852. The first-order valence-corrected chi connectivity index (χ1v) is 8.72. The van der Waals surface area contributed by atoms with Crippen LogP contribution in [0.4, 0.5) is 5.82 Å². The molecule has 0 bridgehead atoms. The first kappa shape index (κ1) is 15.3. The number of aromatic nitrogens is 1. The molecular weight excluding hydrogens is 330 g/mol. The second-order valence-corrected chi connectivity index (χ2v) is 7.08. The predicted octanol–water partition coefficient (Wildman–Crippen LogP) is 3.10. The summed E-state index contributed by atoms with van der Waals surface area (Å²) in [6, 6.07) is 2.89. The molecule has 3 rings (SSSR count). The molecule has 1 aromatic heterocycles. The summed E-state index contributed by atoms with van der Waals surface area (Å²) in [6.07, 6.45) is 8.49. The molecule has 2 fully saturated rings. The van der Waals surface area contributed by atoms with Crippen molar-refractivity contribution in [3.63, 3.8) is 0 Å². The van der Waals surface area contributed by atoms with Crippen molar-refractivity contribution in [2.45, 2.75) is 50.8 Å². The van der Waals surface area contributed by atoms with Gasteiger partial charge in [0.15, 0.2) is 0 Å². The molecule has 1 atom stereocenters. The van der Waals surface area contributed by atoms with Gasteiger partial charge >= 0.3 is 0 Å². The second kappa shape index (κ2) is 7.07. The third kappa shape index (κ3) is 4.41. The van der Waals surface area contributed by atoms with Gasteiger partial charge in [0, 0.05) is 49.0 Å². The van der Waals surface area contributed by atoms with Gasteiger partial charge in [0.05, 0.1) is 6.10 Å². The molecule has 0 amide bonds. The molecule has 0 aromatic carbocycles. The normalized spacial score (nSPS) is 22.3. The number of rotatable bonds is 6. The molecule has 1 saturated carbocycles. The van der Waals surface area contributed by atoms with E-state index in [1.165, 1.54) is 31.2 Å². The van der Waals surface area contributed by atoms with Crippen LogP contribution < -0.4 is 10.2 Å². The molecule has 1 saturated heterocycles. The highest BCUT2D eigenvalue weighted by molar-refractivity contribution is 9.10. The highest BCUT2D eigenvalue weighted by Crippen LogP contribution is 2.25. The van der Waals surface area contributed by atoms with Crippen LogP contribution in [0.5, 0.6) is 0 Å². The topological polar surface area (TPSA) is 37.4 Å². The number of likely N-dealkylation sites (N-methyl/N-ethyl adjacent to an activating group) is 1. The Bertz CT molecular complexity index is 473. The Morgan fingerprint density at radius 1 is 1.38 bits per heavy atom. The van der Waals surface area contributed by atoms with Crippen molar-refractivity contribution in [2.24, 2.45) is 0 Å². The van der Waals surface area contributed by atoms with Crippen molar-refractivity contribution in [2.75, 3.05) is 25.1 Å². The van der Waals surface area contributed by atoms with E-state index < -0.39 is 0 Å². The van der Waals surface area contributed by atoms with Gasteiger partial charge in [0.25, 0.3) is 0 Å². The van der Waals surface area contributed by atoms with Crippen molar-refractivity contribution >= 4 is 21.7 Å². The zero-order valence-electron chi connectivity index (χ0n) is 12.6. The van der Waals surface area contributed by atoms with Gasteiger partial charge in [-0.3, -0.25) is 0 Å². The molecule has 2 heterocycles. The fraction of sp³-hybridized carbons (Fsp3) is 0.688. The molecule has 1 aliphatic carbocycles. The lowest BCUT2D eigenvalue weighted by atomic mass is 10.1. The Labute approximate surface area is 135 Å². The molecule has 2 aliphatic rings. The van der Waals surface area contributed by atoms with E-state index in [0.717, 1.165) is 36.4 Å². The minimum atomic E-state index is 0.346. The highest BCUT2D eigenvalue weighted by atomic mass is 79.9. The lowest BCUT2D eigenvalue weighted by molar-refractivity contribution is 0.0215. The first-order chi connectivity index (χ1) is 10.2. The summed E-state index contributed by atoms with van der Waals surface area (Å²) < 4.78 is 6.89. The average molecular weight is 354 g/mol. The lowest BCUT2D eigenvalue weighted by Gasteiger charge is -2.29. The van der Waals surface area contributed by atoms with Crippen LogP contribution >= 0.6 is 15.9 Å². The zero-order valence-corrected chi connectivity index (χ0v) is 14.2. The minimum absolute atomic E-state index is 0.346. The molecule has 21 heavy (non-hydrogen) atoms. The molecule has 0 spiro atoms. The molecule has 1 N–H and O–H groups in total. The summed E-state index contributed by atoms with van der Waals surface area (Å²) in [5.74, 6) is 1.07. The Morgan fingerprint density at radius 2 is 2.24 bits per heavy atom. The van der Waals surface area contributed by atoms with Gasteiger partial charge < -0.3 is 15.0 Å². The number of pyridine rings is 1. The van der Waals surface area contributed by atoms with Crippen LogP contribution in [-0.2, 0) is 11.3 Å². The first-order valence-electron chi connectivity index (χ1n) is 7.93. The zero-order chi connectivity index (χ0) is 14.7. The van der Waals surface area contributed by atoms with Gasteiger partial charge in [-0.2, -0.15) is 0 Å². The smallest absolute Gasteiger partial charge is 0.132 e. The third-order valence-electron chi connectivity index (χ3n) is 4.18. The van der Waals surface area contributed by atoms with E-state index in [1.807, 2.05) is 6.20 Å². The van der Waals surface area contributed by atoms with Crippen LogP contribution in [0.1, 0.15) is 37.7 Å². The number of hydrogen-bond donors (Lipinski definition) is 1. The molecule has 5 heteroatoms. The number of nitrogens with one attached hydrogen (secondary N) is 1. The molecule has 1 aliphatic heterocycles. The summed E-state index contributed by atoms with van der Waals surface area (Å²) in [5, 5.41) is 3.58. The van der Waals surface area contributed by atoms with Crippen LogP contribution in [0.2, 0.25) is 0 Å². The number of ether oxygens (including phenoxy) is 1. The Hall–Kier alpha value is -0.650. The van der Waals surface area contributed by atoms with Crippen LogP contribution in [0.3, 0.4) is 0 Å². The fourth-order valence-electron chi connectivity index (χ4n) is 2.83. The second-order valence-electron chi connectivity index (χ2n) is 6.16. The van der Waals surface area contributed by atoms with Crippen molar-refractivity contribution in [1.82, 2.24) is 10.3 Å². The van der Waals surface area contributed by atoms with Gasteiger partial charge in [0.2, 0.25) is 0 Å². The van der Waals surface area contributed by atoms with Crippen molar-refractivity contribution < 1.29 is 4.74 Å². The summed E-state index contributed by atoms with van der Waals surface area (Å²) in [4.78, 5) is 6.87. The average Bonchev–Trinajstić information content (AvgIpc) is 3.30. The van der Waals surface area contributed by atoms with Gasteiger partial charge in [-0.15, -0.1) is 0 Å². The Kier molecular flexibility index (Phi) is 5.14. The molecule has 4 nitrogen and oxygen atoms in total. The summed E-state index contributed by atoms with van der Waals surface area (Å²) in [6.45, 7) is 2.72. The maximum Gasteiger partial charge on any atom is 0.132 e. The Balaban J connectivity index is 1.66. The maximum atomic E-state index is 5.85. The van der Waals surface area contributed by atoms with E-state index in [0.29, 0.717) is 12.1 Å². The summed E-state index contributed by atoms with van der Waals surface area (Å²) >= 11 is 3.53. The predicted molar refractivity (Wildman–Crippen MR) is 88.7 cm³/mol. The fourth-order valence-corrected chi connectivity index (χ4v) is 3.21. The molecule has 0 radical (unpaired) electrons. The standard InChI is InChI=1S/C16H24BrN3O/c1-20(11-15-4-2-3-7-21-15)16-12(8-13(17)10-19-16)9-18-14-5-6-14/h8,10,14-15,18H,2-7,9,11H2,1H3. The van der Waals surface area contributed by atoms with Crippen LogP contribution in [-0.4, -0.2) is 37.3 Å². The number of halogens is 1. The lowest BCUT2D eigenvalue weighted by Crippen LogP contribution is -2.34. The van der Waals surface area contributed by atoms with Crippen molar-refractivity contribution in [3.8, 4) is 0 Å². The number of anilines is 1. The third-order valence-corrected chi connectivity index (χ3v) is 4.61.